The van der Waals surface area contributed by atoms with Crippen LogP contribution in [0.25, 0.3) is 0 Å². The normalized spacial score (nSPS) is 49.1. The Morgan fingerprint density at radius 2 is 1.93 bits per heavy atom. The second-order valence-corrected chi connectivity index (χ2v) is 11.1. The minimum atomic E-state index is -0.979. The molecule has 4 nitrogen and oxygen atoms in total. The molecule has 4 fully saturated rings. The van der Waals surface area contributed by atoms with E-state index in [4.69, 9.17) is 0 Å². The fourth-order valence-electron chi connectivity index (χ4n) is 8.43. The van der Waals surface area contributed by atoms with Gasteiger partial charge in [0.15, 0.2) is 0 Å². The summed E-state index contributed by atoms with van der Waals surface area (Å²) in [7, 11) is 0. The van der Waals surface area contributed by atoms with E-state index in [0.29, 0.717) is 48.2 Å². The molecule has 4 rings (SSSR count). The van der Waals surface area contributed by atoms with E-state index >= 15 is 0 Å². The summed E-state index contributed by atoms with van der Waals surface area (Å²) in [4.78, 5) is 24.5. The number of carboxylic acids is 1. The molecule has 4 aliphatic rings. The number of Topliss-reactive ketones (excluding diaryl/α,β-unsaturated/α-hetero) is 1. The highest BCUT2D eigenvalue weighted by atomic mass is 16.4. The lowest BCUT2D eigenvalue weighted by atomic mass is 9.44. The summed E-state index contributed by atoms with van der Waals surface area (Å²) in [5.74, 6) is 2.14. The number of carbonyl (C=O) groups is 2. The lowest BCUT2D eigenvalue weighted by Gasteiger charge is -2.60. The highest BCUT2D eigenvalue weighted by Gasteiger charge is 2.63. The summed E-state index contributed by atoms with van der Waals surface area (Å²) in [5, 5.41) is 21.1. The molecule has 4 aliphatic carbocycles. The molecule has 0 bridgehead atoms. The minimum absolute atomic E-state index is 0.0980. The van der Waals surface area contributed by atoms with Crippen molar-refractivity contribution in [3.63, 3.8) is 0 Å². The Labute approximate surface area is 169 Å². The van der Waals surface area contributed by atoms with Gasteiger partial charge in [-0.3, -0.25) is 4.79 Å². The summed E-state index contributed by atoms with van der Waals surface area (Å²) < 4.78 is 0. The Morgan fingerprint density at radius 1 is 1.18 bits per heavy atom. The molecule has 4 heteroatoms. The zero-order valence-corrected chi connectivity index (χ0v) is 17.8. The third-order valence-electron chi connectivity index (χ3n) is 10.1. The second kappa shape index (κ2) is 7.11. The molecule has 4 saturated carbocycles. The van der Waals surface area contributed by atoms with Crippen LogP contribution in [0, 0.1) is 46.3 Å². The first-order valence-corrected chi connectivity index (χ1v) is 11.6. The van der Waals surface area contributed by atoms with Crippen molar-refractivity contribution in [1.82, 2.24) is 0 Å². The molecule has 0 saturated heterocycles. The number of hydrogen-bond acceptors (Lipinski definition) is 4. The van der Waals surface area contributed by atoms with Crippen LogP contribution in [0.5, 0.6) is 0 Å². The van der Waals surface area contributed by atoms with Crippen molar-refractivity contribution in [1.29, 1.82) is 0 Å². The molecule has 0 unspecified atom stereocenters. The fourth-order valence-corrected chi connectivity index (χ4v) is 8.43. The standard InChI is InChI=1S/C24H38O4/c1-14(4-9-22(27)28)18-7-8-19-17-6-5-15-12-16(25)10-11-23(15,2)20(17)13-21(26)24(18,19)3/h14-20,25H,4-13H2,1-3H3,(H,27,28)/p-1/t14-,15-,16-,17+,18-,19+,20+,23+,24-/m1/s1. The lowest BCUT2D eigenvalue weighted by molar-refractivity contribution is -0.306. The van der Waals surface area contributed by atoms with Gasteiger partial charge in [-0.15, -0.1) is 0 Å². The zero-order valence-electron chi connectivity index (χ0n) is 17.8. The van der Waals surface area contributed by atoms with E-state index < -0.39 is 5.97 Å². The van der Waals surface area contributed by atoms with Gasteiger partial charge in [0.1, 0.15) is 5.78 Å². The average Bonchev–Trinajstić information content (AvgIpc) is 3.00. The van der Waals surface area contributed by atoms with Crippen LogP contribution in [-0.2, 0) is 9.59 Å². The zero-order chi connectivity index (χ0) is 20.3. The summed E-state index contributed by atoms with van der Waals surface area (Å²) in [6, 6.07) is 0. The number of carbonyl (C=O) groups excluding carboxylic acids is 2. The van der Waals surface area contributed by atoms with Crippen LogP contribution in [-0.4, -0.2) is 23.0 Å². The van der Waals surface area contributed by atoms with Crippen LogP contribution >= 0.6 is 0 Å². The molecule has 158 valence electrons. The van der Waals surface area contributed by atoms with E-state index in [0.717, 1.165) is 32.1 Å². The van der Waals surface area contributed by atoms with E-state index in [1.54, 1.807) is 0 Å². The van der Waals surface area contributed by atoms with Crippen molar-refractivity contribution < 1.29 is 19.8 Å². The number of aliphatic hydroxyl groups is 1. The van der Waals surface area contributed by atoms with Crippen molar-refractivity contribution in [3.05, 3.63) is 0 Å². The van der Waals surface area contributed by atoms with E-state index in [-0.39, 0.29) is 29.3 Å². The van der Waals surface area contributed by atoms with Gasteiger partial charge in [0.2, 0.25) is 0 Å². The number of aliphatic carboxylic acids is 1. The maximum atomic E-state index is 13.6. The highest BCUT2D eigenvalue weighted by molar-refractivity contribution is 5.87. The predicted octanol–water partition coefficient (Wildman–Crippen LogP) is 3.35. The van der Waals surface area contributed by atoms with Crippen LogP contribution in [0.4, 0.5) is 0 Å². The molecule has 0 heterocycles. The highest BCUT2D eigenvalue weighted by Crippen LogP contribution is 2.67. The lowest BCUT2D eigenvalue weighted by Crippen LogP contribution is -2.57. The van der Waals surface area contributed by atoms with Crippen LogP contribution < -0.4 is 5.11 Å². The van der Waals surface area contributed by atoms with Crippen LogP contribution in [0.1, 0.15) is 85.0 Å². The van der Waals surface area contributed by atoms with Gasteiger partial charge in [0.05, 0.1) is 6.10 Å². The SMILES string of the molecule is C[C@H](CCC(=O)[O-])[C@H]1CC[C@H]2[C@@H]3CC[C@@H]4C[C@H](O)CC[C@]4(C)[C@H]3CC(=O)[C@]12C. The van der Waals surface area contributed by atoms with Gasteiger partial charge in [-0.1, -0.05) is 20.8 Å². The minimum Gasteiger partial charge on any atom is -0.550 e. The van der Waals surface area contributed by atoms with Gasteiger partial charge < -0.3 is 15.0 Å². The van der Waals surface area contributed by atoms with Crippen LogP contribution in [0.2, 0.25) is 0 Å². The summed E-state index contributed by atoms with van der Waals surface area (Å²) in [6.07, 6.45) is 8.69. The summed E-state index contributed by atoms with van der Waals surface area (Å²) in [6.45, 7) is 6.76. The number of carboxylic acid groups (broad SMARTS) is 1. The Kier molecular flexibility index (Phi) is 5.17. The number of aliphatic hydroxyl groups excluding tert-OH is 1. The quantitative estimate of drug-likeness (QED) is 0.800. The van der Waals surface area contributed by atoms with E-state index in [1.807, 2.05) is 0 Å². The molecular weight excluding hydrogens is 352 g/mol. The molecular formula is C24H37O4-. The molecule has 0 aromatic rings. The average molecular weight is 390 g/mol. The van der Waals surface area contributed by atoms with E-state index in [9.17, 15) is 19.8 Å². The first-order valence-electron chi connectivity index (χ1n) is 11.6. The molecule has 0 radical (unpaired) electrons. The smallest absolute Gasteiger partial charge is 0.139 e. The van der Waals surface area contributed by atoms with Crippen molar-refractivity contribution in [2.75, 3.05) is 0 Å². The molecule has 0 aromatic carbocycles. The number of ketones is 1. The topological polar surface area (TPSA) is 77.4 Å². The Morgan fingerprint density at radius 3 is 2.64 bits per heavy atom. The Balaban J connectivity index is 1.57. The second-order valence-electron chi connectivity index (χ2n) is 11.1. The summed E-state index contributed by atoms with van der Waals surface area (Å²) >= 11 is 0. The van der Waals surface area contributed by atoms with Gasteiger partial charge in [0.25, 0.3) is 0 Å². The fraction of sp³-hybridized carbons (Fsp3) is 0.917. The van der Waals surface area contributed by atoms with Crippen molar-refractivity contribution in [2.45, 2.75) is 91.1 Å². The largest absolute Gasteiger partial charge is 0.550 e. The van der Waals surface area contributed by atoms with Crippen molar-refractivity contribution in [2.24, 2.45) is 46.3 Å². The van der Waals surface area contributed by atoms with Gasteiger partial charge in [-0.2, -0.15) is 0 Å². The van der Waals surface area contributed by atoms with Gasteiger partial charge in [-0.05, 0) is 98.7 Å². The first-order chi connectivity index (χ1) is 13.2. The van der Waals surface area contributed by atoms with E-state index in [2.05, 4.69) is 20.8 Å². The maximum Gasteiger partial charge on any atom is 0.139 e. The summed E-state index contributed by atoms with van der Waals surface area (Å²) in [5.41, 5.74) is -0.0677. The first kappa shape index (κ1) is 20.4. The molecule has 1 N–H and O–H groups in total. The Hall–Kier alpha value is -0.900. The third-order valence-corrected chi connectivity index (χ3v) is 10.1. The predicted molar refractivity (Wildman–Crippen MR) is 105 cm³/mol. The Bertz CT molecular complexity index is 645. The molecule has 28 heavy (non-hydrogen) atoms. The number of fused-ring (bicyclic) bond motifs is 5. The number of rotatable bonds is 4. The van der Waals surface area contributed by atoms with Gasteiger partial charge in [0, 0.05) is 17.8 Å². The van der Waals surface area contributed by atoms with E-state index in [1.165, 1.54) is 12.8 Å². The molecule has 0 aliphatic heterocycles. The van der Waals surface area contributed by atoms with Crippen LogP contribution in [0.3, 0.4) is 0 Å². The van der Waals surface area contributed by atoms with Crippen molar-refractivity contribution >= 4 is 11.8 Å². The monoisotopic (exact) mass is 389 g/mol. The van der Waals surface area contributed by atoms with Gasteiger partial charge in [-0.25, -0.2) is 0 Å². The third kappa shape index (κ3) is 2.97. The van der Waals surface area contributed by atoms with Gasteiger partial charge >= 0.3 is 0 Å². The maximum absolute atomic E-state index is 13.6. The molecule has 0 aromatic heterocycles. The van der Waals surface area contributed by atoms with Crippen LogP contribution in [0.15, 0.2) is 0 Å². The molecule has 9 atom stereocenters. The van der Waals surface area contributed by atoms with Crippen molar-refractivity contribution in [3.8, 4) is 0 Å². The molecule has 0 amide bonds. The number of hydrogen-bond donors (Lipinski definition) is 1. The molecule has 0 spiro atoms.